The van der Waals surface area contributed by atoms with Gasteiger partial charge in [0.2, 0.25) is 5.78 Å². The Morgan fingerprint density at radius 2 is 1.94 bits per heavy atom. The summed E-state index contributed by atoms with van der Waals surface area (Å²) in [4.78, 5) is 34.1. The molecule has 5 aromatic rings. The van der Waals surface area contributed by atoms with Gasteiger partial charge in [-0.25, -0.2) is 18.7 Å². The molecular weight excluding hydrogens is 470 g/mol. The molecule has 0 atom stereocenters. The Balaban J connectivity index is 1.73. The Kier molecular flexibility index (Phi) is 5.06. The number of aryl methyl sites for hydroxylation is 1. The number of nitro benzene ring substituents is 1. The van der Waals surface area contributed by atoms with Crippen LogP contribution in [-0.2, 0) is 0 Å². The number of thiazole rings is 2. The molecule has 7 nitrogen and oxygen atoms in total. The van der Waals surface area contributed by atoms with Gasteiger partial charge in [-0.15, -0.1) is 22.7 Å². The van der Waals surface area contributed by atoms with Gasteiger partial charge in [0.15, 0.2) is 16.6 Å². The SMILES string of the molecule is Cc1nc2sccn2c1-c1nc(-c2cccc([N+](=O)[O-])c2)c(C(=O)c2ccc(F)c(F)c2)s1. The molecule has 0 aliphatic rings. The monoisotopic (exact) mass is 482 g/mol. The van der Waals surface area contributed by atoms with Gasteiger partial charge in [-0.2, -0.15) is 0 Å². The van der Waals surface area contributed by atoms with E-state index in [9.17, 15) is 23.7 Å². The van der Waals surface area contributed by atoms with Gasteiger partial charge in [0.05, 0.1) is 16.3 Å². The lowest BCUT2D eigenvalue weighted by Gasteiger charge is -2.03. The van der Waals surface area contributed by atoms with Crippen molar-refractivity contribution in [2.75, 3.05) is 0 Å². The summed E-state index contributed by atoms with van der Waals surface area (Å²) >= 11 is 2.51. The van der Waals surface area contributed by atoms with Gasteiger partial charge in [-0.1, -0.05) is 12.1 Å². The number of non-ortho nitro benzene ring substituents is 1. The molecule has 5 rings (SSSR count). The number of hydrogen-bond acceptors (Lipinski definition) is 7. The number of rotatable bonds is 5. The zero-order valence-corrected chi connectivity index (χ0v) is 18.4. The quantitative estimate of drug-likeness (QED) is 0.176. The molecule has 0 fully saturated rings. The van der Waals surface area contributed by atoms with Gasteiger partial charge >= 0.3 is 0 Å². The summed E-state index contributed by atoms with van der Waals surface area (Å²) in [6.07, 6.45) is 1.83. The van der Waals surface area contributed by atoms with Crippen molar-refractivity contribution in [3.05, 3.63) is 91.9 Å². The second kappa shape index (κ2) is 7.94. The lowest BCUT2D eigenvalue weighted by molar-refractivity contribution is -0.384. The number of halogens is 2. The first-order valence-electron chi connectivity index (χ1n) is 9.51. The summed E-state index contributed by atoms with van der Waals surface area (Å²) in [5, 5.41) is 13.6. The number of hydrogen-bond donors (Lipinski definition) is 0. The van der Waals surface area contributed by atoms with E-state index in [1.54, 1.807) is 6.07 Å². The highest BCUT2D eigenvalue weighted by atomic mass is 32.1. The summed E-state index contributed by atoms with van der Waals surface area (Å²) in [5.74, 6) is -2.78. The summed E-state index contributed by atoms with van der Waals surface area (Å²) in [7, 11) is 0. The molecule has 0 N–H and O–H groups in total. The van der Waals surface area contributed by atoms with Gasteiger partial charge in [-0.3, -0.25) is 19.3 Å². The van der Waals surface area contributed by atoms with Gasteiger partial charge in [-0.05, 0) is 25.1 Å². The van der Waals surface area contributed by atoms with E-state index in [-0.39, 0.29) is 21.8 Å². The number of aromatic nitrogens is 3. The number of nitro groups is 1. The zero-order chi connectivity index (χ0) is 23.3. The van der Waals surface area contributed by atoms with Gasteiger partial charge in [0.1, 0.15) is 15.6 Å². The van der Waals surface area contributed by atoms with Gasteiger partial charge in [0, 0.05) is 34.8 Å². The van der Waals surface area contributed by atoms with Crippen molar-refractivity contribution >= 4 is 39.1 Å². The van der Waals surface area contributed by atoms with Crippen molar-refractivity contribution in [2.45, 2.75) is 6.92 Å². The minimum atomic E-state index is -1.14. The zero-order valence-electron chi connectivity index (χ0n) is 16.8. The molecule has 0 unspecified atom stereocenters. The third-order valence-electron chi connectivity index (χ3n) is 4.98. The van der Waals surface area contributed by atoms with Crippen LogP contribution < -0.4 is 0 Å². The Labute approximate surface area is 192 Å². The highest BCUT2D eigenvalue weighted by Gasteiger charge is 2.25. The van der Waals surface area contributed by atoms with Crippen LogP contribution in [0.1, 0.15) is 20.9 Å². The van der Waals surface area contributed by atoms with Crippen molar-refractivity contribution in [2.24, 2.45) is 0 Å². The number of benzene rings is 2. The van der Waals surface area contributed by atoms with E-state index >= 15 is 0 Å². The number of fused-ring (bicyclic) bond motifs is 1. The highest BCUT2D eigenvalue weighted by Crippen LogP contribution is 2.38. The van der Waals surface area contributed by atoms with Crippen molar-refractivity contribution in [1.82, 2.24) is 14.4 Å². The van der Waals surface area contributed by atoms with Gasteiger partial charge < -0.3 is 0 Å². The summed E-state index contributed by atoms with van der Waals surface area (Å²) in [6, 6.07) is 8.67. The molecule has 0 saturated carbocycles. The molecule has 0 amide bonds. The molecule has 3 heterocycles. The molecule has 0 radical (unpaired) electrons. The van der Waals surface area contributed by atoms with E-state index in [0.29, 0.717) is 22.0 Å². The third-order valence-corrected chi connectivity index (χ3v) is 6.80. The minimum Gasteiger partial charge on any atom is -0.288 e. The lowest BCUT2D eigenvalue weighted by Crippen LogP contribution is -2.02. The first kappa shape index (κ1) is 21.0. The maximum atomic E-state index is 13.8. The van der Waals surface area contributed by atoms with E-state index in [0.717, 1.165) is 28.4 Å². The number of carbonyl (C=O) groups is 1. The fraction of sp³-hybridized carbons (Fsp3) is 0.0455. The fourth-order valence-corrected chi connectivity index (χ4v) is 5.36. The number of imidazole rings is 1. The smallest absolute Gasteiger partial charge is 0.270 e. The van der Waals surface area contributed by atoms with Crippen LogP contribution in [0.25, 0.3) is 26.9 Å². The second-order valence-corrected chi connectivity index (χ2v) is 8.94. The van der Waals surface area contributed by atoms with Crippen molar-refractivity contribution < 1.29 is 18.5 Å². The third kappa shape index (κ3) is 3.60. The summed E-state index contributed by atoms with van der Waals surface area (Å²) in [6.45, 7) is 1.82. The van der Waals surface area contributed by atoms with Crippen molar-refractivity contribution in [1.29, 1.82) is 0 Å². The first-order chi connectivity index (χ1) is 15.8. The predicted molar refractivity (Wildman–Crippen MR) is 121 cm³/mol. The van der Waals surface area contributed by atoms with Crippen LogP contribution in [0.2, 0.25) is 0 Å². The minimum absolute atomic E-state index is 0.0542. The van der Waals surface area contributed by atoms with Crippen LogP contribution in [0.4, 0.5) is 14.5 Å². The molecular formula is C22H12F2N4O3S2. The Morgan fingerprint density at radius 1 is 1.12 bits per heavy atom. The lowest BCUT2D eigenvalue weighted by atomic mass is 10.0. The van der Waals surface area contributed by atoms with Crippen LogP contribution >= 0.6 is 22.7 Å². The number of carbonyl (C=O) groups excluding carboxylic acids is 1. The van der Waals surface area contributed by atoms with Gasteiger partial charge in [0.25, 0.3) is 5.69 Å². The average Bonchev–Trinajstić information content (AvgIpc) is 3.49. The van der Waals surface area contributed by atoms with Crippen LogP contribution in [-0.4, -0.2) is 25.1 Å². The fourth-order valence-electron chi connectivity index (χ4n) is 3.46. The molecule has 33 heavy (non-hydrogen) atoms. The average molecular weight is 482 g/mol. The predicted octanol–water partition coefficient (Wildman–Crippen LogP) is 5.91. The molecule has 0 aliphatic carbocycles. The molecule has 0 bridgehead atoms. The van der Waals surface area contributed by atoms with Crippen LogP contribution in [0, 0.1) is 28.7 Å². The second-order valence-electron chi connectivity index (χ2n) is 7.06. The molecule has 3 aromatic heterocycles. The van der Waals surface area contributed by atoms with E-state index in [1.807, 2.05) is 22.9 Å². The van der Waals surface area contributed by atoms with E-state index in [2.05, 4.69) is 9.97 Å². The topological polar surface area (TPSA) is 90.4 Å². The summed E-state index contributed by atoms with van der Waals surface area (Å²) < 4.78 is 29.1. The Hall–Kier alpha value is -3.83. The molecule has 164 valence electrons. The molecule has 2 aromatic carbocycles. The number of nitrogens with zero attached hydrogens (tertiary/aromatic N) is 4. The van der Waals surface area contributed by atoms with Crippen molar-refractivity contribution in [3.63, 3.8) is 0 Å². The highest BCUT2D eigenvalue weighted by molar-refractivity contribution is 7.17. The standard InChI is InChI=1S/C22H12F2N4O3S2/c1-11-18(27-7-8-32-22(27)25-11)21-26-17(12-3-2-4-14(9-12)28(30)31)20(33-21)19(29)13-5-6-15(23)16(24)10-13/h2-10H,1H3. The normalized spacial score (nSPS) is 11.2. The Morgan fingerprint density at radius 3 is 2.70 bits per heavy atom. The maximum absolute atomic E-state index is 13.8. The van der Waals surface area contributed by atoms with E-state index < -0.39 is 22.3 Å². The largest absolute Gasteiger partial charge is 0.288 e. The first-order valence-corrected chi connectivity index (χ1v) is 11.2. The molecule has 0 aliphatic heterocycles. The summed E-state index contributed by atoms with van der Waals surface area (Å²) in [5.41, 5.74) is 1.76. The van der Waals surface area contributed by atoms with E-state index in [1.165, 1.54) is 35.6 Å². The molecule has 0 saturated heterocycles. The van der Waals surface area contributed by atoms with Crippen LogP contribution in [0.15, 0.2) is 54.0 Å². The molecule has 11 heteroatoms. The van der Waals surface area contributed by atoms with Crippen LogP contribution in [0.5, 0.6) is 0 Å². The van der Waals surface area contributed by atoms with Crippen LogP contribution in [0.3, 0.4) is 0 Å². The molecule has 0 spiro atoms. The number of ketones is 1. The van der Waals surface area contributed by atoms with Crippen molar-refractivity contribution in [3.8, 4) is 22.0 Å². The maximum Gasteiger partial charge on any atom is 0.270 e. The Bertz CT molecular complexity index is 1570. The van der Waals surface area contributed by atoms with E-state index in [4.69, 9.17) is 0 Å².